The Morgan fingerprint density at radius 1 is 1.18 bits per heavy atom. The quantitative estimate of drug-likeness (QED) is 0.339. The minimum Gasteiger partial charge on any atom is -0.507 e. The molecule has 33 heavy (non-hydrogen) atoms. The Morgan fingerprint density at radius 3 is 2.76 bits per heavy atom. The van der Waals surface area contributed by atoms with Crippen LogP contribution in [0.1, 0.15) is 34.5 Å². The molecule has 168 valence electrons. The van der Waals surface area contributed by atoms with E-state index in [4.69, 9.17) is 9.47 Å². The first-order chi connectivity index (χ1) is 16.0. The fourth-order valence-corrected chi connectivity index (χ4v) is 5.37. The van der Waals surface area contributed by atoms with Crippen molar-refractivity contribution < 1.29 is 24.2 Å². The molecule has 2 aliphatic heterocycles. The maximum Gasteiger partial charge on any atom is 0.295 e. The van der Waals surface area contributed by atoms with Gasteiger partial charge in [-0.3, -0.25) is 9.59 Å². The molecule has 7 heteroatoms. The van der Waals surface area contributed by atoms with E-state index in [2.05, 4.69) is 0 Å². The Labute approximate surface area is 195 Å². The average molecular weight is 462 g/mol. The number of fused-ring (bicyclic) bond motifs is 1. The highest BCUT2D eigenvalue weighted by atomic mass is 32.1. The molecule has 1 aromatic heterocycles. The zero-order chi connectivity index (χ0) is 23.1. The highest BCUT2D eigenvalue weighted by Crippen LogP contribution is 2.43. The van der Waals surface area contributed by atoms with Crippen LogP contribution in [0, 0.1) is 0 Å². The van der Waals surface area contributed by atoms with E-state index in [0.717, 1.165) is 28.2 Å². The van der Waals surface area contributed by atoms with Gasteiger partial charge >= 0.3 is 0 Å². The number of aliphatic hydroxyl groups is 1. The molecule has 2 aromatic carbocycles. The summed E-state index contributed by atoms with van der Waals surface area (Å²) in [5.74, 6) is -0.0796. The number of thiophene rings is 1. The Balaban J connectivity index is 1.60. The molecule has 3 aromatic rings. The van der Waals surface area contributed by atoms with Gasteiger partial charge in [-0.2, -0.15) is 0 Å². The molecule has 0 spiro atoms. The van der Waals surface area contributed by atoms with Gasteiger partial charge < -0.3 is 19.5 Å². The first kappa shape index (κ1) is 21.3. The third-order valence-electron chi connectivity index (χ3n) is 6.06. The van der Waals surface area contributed by atoms with Crippen LogP contribution in [0.2, 0.25) is 0 Å². The van der Waals surface area contributed by atoms with Crippen molar-refractivity contribution >= 4 is 28.8 Å². The molecule has 2 aliphatic rings. The lowest BCUT2D eigenvalue weighted by Gasteiger charge is -2.25. The summed E-state index contributed by atoms with van der Waals surface area (Å²) >= 11 is 1.44. The van der Waals surface area contributed by atoms with Crippen LogP contribution in [0.15, 0.2) is 65.6 Å². The second-order valence-electron chi connectivity index (χ2n) is 8.21. The number of para-hydroxylation sites is 1. The van der Waals surface area contributed by atoms with E-state index in [1.807, 2.05) is 54.8 Å². The van der Waals surface area contributed by atoms with Crippen molar-refractivity contribution in [2.75, 3.05) is 7.11 Å². The first-order valence-electron chi connectivity index (χ1n) is 10.7. The number of rotatable bonds is 5. The first-order valence-corrected chi connectivity index (χ1v) is 11.6. The molecule has 1 amide bonds. The zero-order valence-corrected chi connectivity index (χ0v) is 19.1. The average Bonchev–Trinajstić information content (AvgIpc) is 3.53. The molecule has 0 bridgehead atoms. The standard InChI is InChI=1S/C26H23NO5S/c1-15-12-18-13-16(9-10-20(18)32-15)24(28)22-23(21-8-5-11-33-21)27(26(30)25(22)29)14-17-6-3-4-7-19(17)31-2/h3-11,13,15,23,28H,12,14H2,1-2H3/b24-22-. The monoisotopic (exact) mass is 461 g/mol. The van der Waals surface area contributed by atoms with E-state index in [1.54, 1.807) is 19.2 Å². The minimum absolute atomic E-state index is 0.0648. The lowest BCUT2D eigenvalue weighted by atomic mass is 9.98. The number of likely N-dealkylation sites (tertiary alicyclic amines) is 1. The van der Waals surface area contributed by atoms with Crippen LogP contribution < -0.4 is 9.47 Å². The predicted molar refractivity (Wildman–Crippen MR) is 125 cm³/mol. The number of ketones is 1. The summed E-state index contributed by atoms with van der Waals surface area (Å²) in [6.07, 6.45) is 0.794. The number of aliphatic hydroxyl groups excluding tert-OH is 1. The van der Waals surface area contributed by atoms with Crippen molar-refractivity contribution in [3.8, 4) is 11.5 Å². The van der Waals surface area contributed by atoms with Crippen LogP contribution in [0.5, 0.6) is 11.5 Å². The van der Waals surface area contributed by atoms with Crippen molar-refractivity contribution in [2.45, 2.75) is 32.0 Å². The Kier molecular flexibility index (Phi) is 5.42. The van der Waals surface area contributed by atoms with Gasteiger partial charge in [0.05, 0.1) is 25.3 Å². The molecule has 0 saturated carbocycles. The molecular formula is C26H23NO5S. The van der Waals surface area contributed by atoms with Gasteiger partial charge in [0.1, 0.15) is 23.4 Å². The van der Waals surface area contributed by atoms with Crippen molar-refractivity contribution in [3.05, 3.63) is 87.1 Å². The molecule has 1 fully saturated rings. The van der Waals surface area contributed by atoms with Crippen LogP contribution in [0.3, 0.4) is 0 Å². The molecule has 0 radical (unpaired) electrons. The number of nitrogens with zero attached hydrogens (tertiary/aromatic N) is 1. The number of Topliss-reactive ketones (excluding diaryl/α,β-unsaturated/α-hetero) is 1. The largest absolute Gasteiger partial charge is 0.507 e. The number of ether oxygens (including phenoxy) is 2. The number of carbonyl (C=O) groups excluding carboxylic acids is 2. The fraction of sp³-hybridized carbons (Fsp3) is 0.231. The maximum absolute atomic E-state index is 13.2. The summed E-state index contributed by atoms with van der Waals surface area (Å²) < 4.78 is 11.2. The second-order valence-corrected chi connectivity index (χ2v) is 9.19. The molecule has 3 heterocycles. The van der Waals surface area contributed by atoms with Gasteiger partial charge in [-0.25, -0.2) is 0 Å². The molecule has 2 atom stereocenters. The number of amides is 1. The third kappa shape index (κ3) is 3.68. The van der Waals surface area contributed by atoms with Crippen LogP contribution in [0.25, 0.3) is 5.76 Å². The highest BCUT2D eigenvalue weighted by Gasteiger charge is 2.46. The minimum atomic E-state index is -0.689. The number of methoxy groups -OCH3 is 1. The number of benzene rings is 2. The Morgan fingerprint density at radius 2 is 2.00 bits per heavy atom. The molecule has 0 aliphatic carbocycles. The zero-order valence-electron chi connectivity index (χ0n) is 18.3. The van der Waals surface area contributed by atoms with Crippen molar-refractivity contribution in [2.24, 2.45) is 0 Å². The lowest BCUT2D eigenvalue weighted by molar-refractivity contribution is -0.140. The summed E-state index contributed by atoms with van der Waals surface area (Å²) in [4.78, 5) is 28.7. The summed E-state index contributed by atoms with van der Waals surface area (Å²) in [6.45, 7) is 2.17. The number of carbonyl (C=O) groups is 2. The van der Waals surface area contributed by atoms with Crippen LogP contribution in [-0.2, 0) is 22.6 Å². The second kappa shape index (κ2) is 8.41. The van der Waals surface area contributed by atoms with Crippen LogP contribution in [-0.4, -0.2) is 34.9 Å². The number of hydrogen-bond donors (Lipinski definition) is 1. The van der Waals surface area contributed by atoms with Gasteiger partial charge in [-0.05, 0) is 48.2 Å². The van der Waals surface area contributed by atoms with Crippen molar-refractivity contribution in [3.63, 3.8) is 0 Å². The van der Waals surface area contributed by atoms with E-state index in [0.29, 0.717) is 11.3 Å². The Bertz CT molecular complexity index is 1260. The molecular weight excluding hydrogens is 438 g/mol. The molecule has 5 rings (SSSR count). The molecule has 6 nitrogen and oxygen atoms in total. The topological polar surface area (TPSA) is 76.1 Å². The van der Waals surface area contributed by atoms with E-state index in [1.165, 1.54) is 16.2 Å². The van der Waals surface area contributed by atoms with Crippen molar-refractivity contribution in [1.82, 2.24) is 4.90 Å². The summed E-state index contributed by atoms with van der Waals surface area (Å²) in [7, 11) is 1.57. The maximum atomic E-state index is 13.2. The fourth-order valence-electron chi connectivity index (χ4n) is 4.53. The van der Waals surface area contributed by atoms with E-state index < -0.39 is 17.7 Å². The van der Waals surface area contributed by atoms with Gasteiger partial charge in [-0.1, -0.05) is 24.3 Å². The summed E-state index contributed by atoms with van der Waals surface area (Å²) in [5.41, 5.74) is 2.36. The SMILES string of the molecule is COc1ccccc1CN1C(=O)C(=O)/C(=C(\O)c2ccc3c(c2)CC(C)O3)C1c1cccs1. The number of hydrogen-bond acceptors (Lipinski definition) is 6. The van der Waals surface area contributed by atoms with Gasteiger partial charge in [0.2, 0.25) is 0 Å². The third-order valence-corrected chi connectivity index (χ3v) is 6.98. The van der Waals surface area contributed by atoms with E-state index >= 15 is 0 Å². The van der Waals surface area contributed by atoms with Crippen LogP contribution >= 0.6 is 11.3 Å². The normalized spacial score (nSPS) is 21.2. The lowest BCUT2D eigenvalue weighted by Crippen LogP contribution is -2.29. The van der Waals surface area contributed by atoms with Gasteiger partial charge in [-0.15, -0.1) is 11.3 Å². The van der Waals surface area contributed by atoms with Gasteiger partial charge in [0, 0.05) is 22.4 Å². The summed E-state index contributed by atoms with van der Waals surface area (Å²) in [5, 5.41) is 13.2. The van der Waals surface area contributed by atoms with Crippen molar-refractivity contribution in [1.29, 1.82) is 0 Å². The summed E-state index contributed by atoms with van der Waals surface area (Å²) in [6, 6.07) is 15.8. The molecule has 1 saturated heterocycles. The predicted octanol–water partition coefficient (Wildman–Crippen LogP) is 4.70. The van der Waals surface area contributed by atoms with E-state index in [9.17, 15) is 14.7 Å². The van der Waals surface area contributed by atoms with Gasteiger partial charge in [0.25, 0.3) is 11.7 Å². The van der Waals surface area contributed by atoms with E-state index in [-0.39, 0.29) is 24.0 Å². The van der Waals surface area contributed by atoms with Crippen LogP contribution in [0.4, 0.5) is 0 Å². The Hall–Kier alpha value is -3.58. The smallest absolute Gasteiger partial charge is 0.295 e. The highest BCUT2D eigenvalue weighted by molar-refractivity contribution is 7.10. The molecule has 1 N–H and O–H groups in total. The molecule has 2 unspecified atom stereocenters. The van der Waals surface area contributed by atoms with Gasteiger partial charge in [0.15, 0.2) is 0 Å².